The van der Waals surface area contributed by atoms with Gasteiger partial charge in [-0.1, -0.05) is 13.8 Å². The van der Waals surface area contributed by atoms with Crippen LogP contribution in [0.1, 0.15) is 20.3 Å². The van der Waals surface area contributed by atoms with E-state index in [0.717, 1.165) is 50.9 Å². The van der Waals surface area contributed by atoms with Crippen molar-refractivity contribution in [1.29, 1.82) is 0 Å². The molecule has 0 aromatic heterocycles. The summed E-state index contributed by atoms with van der Waals surface area (Å²) in [5.74, 6) is 2.60. The van der Waals surface area contributed by atoms with E-state index in [2.05, 4.69) is 29.4 Å². The molecule has 1 saturated heterocycles. The second-order valence-electron chi connectivity index (χ2n) is 5.18. The summed E-state index contributed by atoms with van der Waals surface area (Å²) in [5, 5.41) is 6.32. The molecule has 0 unspecified atom stereocenters. The maximum atomic E-state index is 11.6. The molecule has 0 saturated carbocycles. The first-order valence-electron chi connectivity index (χ1n) is 6.96. The van der Waals surface area contributed by atoms with Crippen molar-refractivity contribution >= 4 is 17.7 Å². The Morgan fingerprint density at radius 1 is 1.39 bits per heavy atom. The van der Waals surface area contributed by atoms with Crippen LogP contribution in [0.25, 0.3) is 0 Å². The fraction of sp³-hybridized carbons (Fsp3) is 0.923. The quantitative estimate of drug-likeness (QED) is 0.642. The van der Waals surface area contributed by atoms with Gasteiger partial charge in [-0.25, -0.2) is 0 Å². The summed E-state index contributed by atoms with van der Waals surface area (Å²) >= 11 is 1.74. The molecule has 5 heteroatoms. The molecule has 0 radical (unpaired) electrons. The Balaban J connectivity index is 1.92. The van der Waals surface area contributed by atoms with E-state index in [1.165, 1.54) is 6.42 Å². The third-order valence-electron chi connectivity index (χ3n) is 3.03. The minimum absolute atomic E-state index is 0.180. The lowest BCUT2D eigenvalue weighted by molar-refractivity contribution is -0.118. The molecule has 106 valence electrons. The van der Waals surface area contributed by atoms with Gasteiger partial charge in [0.15, 0.2) is 0 Å². The predicted octanol–water partition coefficient (Wildman–Crippen LogP) is 0.787. The van der Waals surface area contributed by atoms with Crippen LogP contribution in [-0.2, 0) is 4.79 Å². The van der Waals surface area contributed by atoms with Gasteiger partial charge in [-0.2, -0.15) is 11.8 Å². The highest BCUT2D eigenvalue weighted by molar-refractivity contribution is 7.99. The van der Waals surface area contributed by atoms with Gasteiger partial charge in [0.1, 0.15) is 0 Å². The molecule has 1 heterocycles. The van der Waals surface area contributed by atoms with Crippen molar-refractivity contribution in [2.24, 2.45) is 5.92 Å². The number of nitrogens with zero attached hydrogens (tertiary/aromatic N) is 1. The van der Waals surface area contributed by atoms with Gasteiger partial charge in [0.05, 0.1) is 5.75 Å². The fourth-order valence-corrected chi connectivity index (χ4v) is 2.89. The zero-order valence-corrected chi connectivity index (χ0v) is 12.5. The number of hydrogen-bond acceptors (Lipinski definition) is 4. The Morgan fingerprint density at radius 3 is 2.78 bits per heavy atom. The largest absolute Gasteiger partial charge is 0.354 e. The first kappa shape index (κ1) is 15.8. The fourth-order valence-electron chi connectivity index (χ4n) is 1.82. The van der Waals surface area contributed by atoms with Crippen LogP contribution in [0.4, 0.5) is 0 Å². The van der Waals surface area contributed by atoms with Crippen molar-refractivity contribution < 1.29 is 4.79 Å². The van der Waals surface area contributed by atoms with Crippen molar-refractivity contribution in [2.75, 3.05) is 50.8 Å². The van der Waals surface area contributed by atoms with Gasteiger partial charge in [0.2, 0.25) is 5.91 Å². The summed E-state index contributed by atoms with van der Waals surface area (Å²) < 4.78 is 0. The van der Waals surface area contributed by atoms with Gasteiger partial charge >= 0.3 is 0 Å². The van der Waals surface area contributed by atoms with E-state index in [4.69, 9.17) is 0 Å². The minimum Gasteiger partial charge on any atom is -0.354 e. The number of rotatable bonds is 8. The predicted molar refractivity (Wildman–Crippen MR) is 79.1 cm³/mol. The van der Waals surface area contributed by atoms with E-state index < -0.39 is 0 Å². The molecule has 1 aliphatic rings. The third kappa shape index (κ3) is 7.95. The van der Waals surface area contributed by atoms with Crippen molar-refractivity contribution in [1.82, 2.24) is 15.5 Å². The van der Waals surface area contributed by atoms with Gasteiger partial charge in [-0.05, 0) is 18.1 Å². The van der Waals surface area contributed by atoms with Crippen LogP contribution in [0.15, 0.2) is 0 Å². The first-order chi connectivity index (χ1) is 8.68. The molecular weight excluding hydrogens is 246 g/mol. The number of nitrogens with one attached hydrogen (secondary N) is 2. The van der Waals surface area contributed by atoms with Crippen molar-refractivity contribution in [3.05, 3.63) is 0 Å². The van der Waals surface area contributed by atoms with Crippen molar-refractivity contribution in [3.8, 4) is 0 Å². The topological polar surface area (TPSA) is 44.4 Å². The molecule has 0 aromatic carbocycles. The molecular formula is C13H27N3OS. The monoisotopic (exact) mass is 273 g/mol. The third-order valence-corrected chi connectivity index (χ3v) is 4.02. The number of hydrogen-bond donors (Lipinski definition) is 2. The maximum Gasteiger partial charge on any atom is 0.230 e. The van der Waals surface area contributed by atoms with Crippen molar-refractivity contribution in [2.45, 2.75) is 20.3 Å². The highest BCUT2D eigenvalue weighted by atomic mass is 32.2. The molecule has 2 N–H and O–H groups in total. The maximum absolute atomic E-state index is 11.6. The Morgan fingerprint density at radius 2 is 2.11 bits per heavy atom. The SMILES string of the molecule is CC(C)CCSCC(=O)NCCN1CCNCC1. The highest BCUT2D eigenvalue weighted by Crippen LogP contribution is 2.07. The second-order valence-corrected chi connectivity index (χ2v) is 6.28. The summed E-state index contributed by atoms with van der Waals surface area (Å²) in [6.07, 6.45) is 1.19. The molecule has 4 nitrogen and oxygen atoms in total. The number of piperazine rings is 1. The Labute approximate surface area is 115 Å². The standard InChI is InChI=1S/C13H27N3OS/c1-12(2)3-10-18-11-13(17)15-6-9-16-7-4-14-5-8-16/h12,14H,3-11H2,1-2H3,(H,15,17). The van der Waals surface area contributed by atoms with Crippen LogP contribution in [0.2, 0.25) is 0 Å². The number of thioether (sulfide) groups is 1. The molecule has 1 fully saturated rings. The summed E-state index contributed by atoms with van der Waals surface area (Å²) in [6.45, 7) is 10.5. The number of carbonyl (C=O) groups excluding carboxylic acids is 1. The van der Waals surface area contributed by atoms with E-state index in [1.54, 1.807) is 11.8 Å². The Kier molecular flexibility index (Phi) is 8.46. The Hall–Kier alpha value is -0.260. The van der Waals surface area contributed by atoms with Crippen LogP contribution in [0.3, 0.4) is 0 Å². The van der Waals surface area contributed by atoms with Crippen LogP contribution in [0.5, 0.6) is 0 Å². The van der Waals surface area contributed by atoms with E-state index >= 15 is 0 Å². The Bertz CT molecular complexity index is 230. The smallest absolute Gasteiger partial charge is 0.230 e. The second kappa shape index (κ2) is 9.64. The summed E-state index contributed by atoms with van der Waals surface area (Å²) in [4.78, 5) is 14.0. The van der Waals surface area contributed by atoms with E-state index in [9.17, 15) is 4.79 Å². The summed E-state index contributed by atoms with van der Waals surface area (Å²) in [7, 11) is 0. The molecule has 0 atom stereocenters. The molecule has 0 bridgehead atoms. The molecule has 1 rings (SSSR count). The molecule has 0 spiro atoms. The average Bonchev–Trinajstić information content (AvgIpc) is 2.36. The van der Waals surface area contributed by atoms with Crippen LogP contribution < -0.4 is 10.6 Å². The summed E-state index contributed by atoms with van der Waals surface area (Å²) in [6, 6.07) is 0. The van der Waals surface area contributed by atoms with Gasteiger partial charge in [-0.15, -0.1) is 0 Å². The molecule has 1 amide bonds. The average molecular weight is 273 g/mol. The lowest BCUT2D eigenvalue weighted by Crippen LogP contribution is -2.46. The number of carbonyl (C=O) groups is 1. The van der Waals surface area contributed by atoms with E-state index in [1.807, 2.05) is 0 Å². The molecule has 1 aliphatic heterocycles. The van der Waals surface area contributed by atoms with Crippen molar-refractivity contribution in [3.63, 3.8) is 0 Å². The molecule has 18 heavy (non-hydrogen) atoms. The number of amides is 1. The lowest BCUT2D eigenvalue weighted by atomic mass is 10.2. The van der Waals surface area contributed by atoms with Gasteiger partial charge in [0, 0.05) is 39.3 Å². The normalized spacial score (nSPS) is 17.1. The molecule has 0 aliphatic carbocycles. The van der Waals surface area contributed by atoms with E-state index in [0.29, 0.717) is 5.75 Å². The van der Waals surface area contributed by atoms with Gasteiger partial charge in [0.25, 0.3) is 0 Å². The highest BCUT2D eigenvalue weighted by Gasteiger charge is 2.09. The zero-order valence-electron chi connectivity index (χ0n) is 11.7. The van der Waals surface area contributed by atoms with Gasteiger partial charge < -0.3 is 10.6 Å². The first-order valence-corrected chi connectivity index (χ1v) is 8.11. The van der Waals surface area contributed by atoms with E-state index in [-0.39, 0.29) is 5.91 Å². The van der Waals surface area contributed by atoms with Crippen LogP contribution in [-0.4, -0.2) is 61.6 Å². The van der Waals surface area contributed by atoms with Crippen LogP contribution in [0, 0.1) is 5.92 Å². The minimum atomic E-state index is 0.180. The van der Waals surface area contributed by atoms with Crippen LogP contribution >= 0.6 is 11.8 Å². The molecule has 0 aromatic rings. The zero-order chi connectivity index (χ0) is 13.2. The lowest BCUT2D eigenvalue weighted by Gasteiger charge is -2.27. The summed E-state index contributed by atoms with van der Waals surface area (Å²) in [5.41, 5.74) is 0. The van der Waals surface area contributed by atoms with Gasteiger partial charge in [-0.3, -0.25) is 9.69 Å².